The van der Waals surface area contributed by atoms with Crippen molar-refractivity contribution in [2.45, 2.75) is 45.6 Å². The molecule has 0 bridgehead atoms. The highest BCUT2D eigenvalue weighted by Crippen LogP contribution is 2.35. The number of rotatable bonds is 3. The van der Waals surface area contributed by atoms with Gasteiger partial charge in [-0.05, 0) is 38.0 Å². The lowest BCUT2D eigenvalue weighted by Gasteiger charge is -2.32. The van der Waals surface area contributed by atoms with Crippen LogP contribution < -0.4 is 0 Å². The first-order chi connectivity index (χ1) is 6.52. The minimum absolute atomic E-state index is 0.251. The second-order valence-electron chi connectivity index (χ2n) is 4.55. The van der Waals surface area contributed by atoms with Gasteiger partial charge in [-0.2, -0.15) is 0 Å². The maximum atomic E-state index is 10.8. The fourth-order valence-corrected chi connectivity index (χ4v) is 2.36. The topological polar surface area (TPSA) is 57.5 Å². The summed E-state index contributed by atoms with van der Waals surface area (Å²) in [5.74, 6) is -0.422. The normalized spacial score (nSPS) is 32.2. The Kier molecular flexibility index (Phi) is 3.93. The Hall–Kier alpha value is -0.570. The van der Waals surface area contributed by atoms with Crippen LogP contribution in [0.3, 0.4) is 0 Å². The summed E-state index contributed by atoms with van der Waals surface area (Å²) in [6.45, 7) is 3.58. The van der Waals surface area contributed by atoms with Crippen molar-refractivity contribution < 1.29 is 15.0 Å². The maximum absolute atomic E-state index is 10.8. The molecule has 1 rings (SSSR count). The van der Waals surface area contributed by atoms with Crippen LogP contribution in [-0.2, 0) is 4.79 Å². The van der Waals surface area contributed by atoms with Gasteiger partial charge < -0.3 is 10.2 Å². The van der Waals surface area contributed by atoms with E-state index in [0.29, 0.717) is 5.92 Å². The zero-order valence-electron chi connectivity index (χ0n) is 8.94. The van der Waals surface area contributed by atoms with Gasteiger partial charge in [-0.15, -0.1) is 0 Å². The number of hydrogen-bond donors (Lipinski definition) is 2. The van der Waals surface area contributed by atoms with Crippen molar-refractivity contribution >= 4 is 5.97 Å². The Labute approximate surface area is 85.1 Å². The smallest absolute Gasteiger partial charge is 0.306 e. The number of aliphatic hydroxyl groups excluding tert-OH is 1. The highest BCUT2D eigenvalue weighted by molar-refractivity contribution is 5.69. The molecule has 0 spiro atoms. The predicted octanol–water partition coefficient (Wildman–Crippen LogP) is 1.89. The molecule has 3 nitrogen and oxygen atoms in total. The fraction of sp³-hybridized carbons (Fsp3) is 0.909. The second kappa shape index (κ2) is 4.78. The van der Waals surface area contributed by atoms with Gasteiger partial charge in [0.15, 0.2) is 0 Å². The van der Waals surface area contributed by atoms with Gasteiger partial charge in [0.2, 0.25) is 0 Å². The van der Waals surface area contributed by atoms with Gasteiger partial charge in [0.05, 0.1) is 12.0 Å². The average Bonchev–Trinajstić information content (AvgIpc) is 2.16. The van der Waals surface area contributed by atoms with Crippen molar-refractivity contribution in [1.29, 1.82) is 0 Å². The van der Waals surface area contributed by atoms with Gasteiger partial charge in [-0.1, -0.05) is 13.3 Å². The number of carboxylic acids is 1. The van der Waals surface area contributed by atoms with Crippen molar-refractivity contribution in [2.75, 3.05) is 0 Å². The molecule has 1 saturated carbocycles. The molecule has 82 valence electrons. The highest BCUT2D eigenvalue weighted by atomic mass is 16.4. The molecule has 1 fully saturated rings. The molecule has 0 aromatic rings. The van der Waals surface area contributed by atoms with Crippen molar-refractivity contribution in [3.05, 3.63) is 0 Å². The number of aliphatic carboxylic acids is 1. The molecule has 0 aromatic heterocycles. The van der Waals surface area contributed by atoms with E-state index in [4.69, 9.17) is 5.11 Å². The molecule has 0 aliphatic heterocycles. The summed E-state index contributed by atoms with van der Waals surface area (Å²) in [6.07, 6.45) is 3.67. The van der Waals surface area contributed by atoms with Crippen LogP contribution in [0.2, 0.25) is 0 Å². The Balaban J connectivity index is 2.51. The van der Waals surface area contributed by atoms with Crippen LogP contribution in [-0.4, -0.2) is 22.3 Å². The molecule has 0 radical (unpaired) electrons. The summed E-state index contributed by atoms with van der Waals surface area (Å²) in [7, 11) is 0. The number of aliphatic hydroxyl groups is 1. The van der Waals surface area contributed by atoms with E-state index < -0.39 is 5.97 Å². The van der Waals surface area contributed by atoms with Crippen LogP contribution in [0.1, 0.15) is 39.5 Å². The maximum Gasteiger partial charge on any atom is 0.306 e. The largest absolute Gasteiger partial charge is 0.481 e. The minimum Gasteiger partial charge on any atom is -0.481 e. The van der Waals surface area contributed by atoms with E-state index in [1.54, 1.807) is 13.8 Å². The Morgan fingerprint density at radius 2 is 1.86 bits per heavy atom. The first-order valence-electron chi connectivity index (χ1n) is 5.43. The van der Waals surface area contributed by atoms with Crippen LogP contribution in [0, 0.1) is 17.8 Å². The zero-order valence-corrected chi connectivity index (χ0v) is 8.94. The van der Waals surface area contributed by atoms with E-state index in [9.17, 15) is 9.90 Å². The third kappa shape index (κ3) is 2.71. The van der Waals surface area contributed by atoms with Crippen LogP contribution in [0.25, 0.3) is 0 Å². The van der Waals surface area contributed by atoms with E-state index in [2.05, 4.69) is 0 Å². The van der Waals surface area contributed by atoms with E-state index in [1.807, 2.05) is 0 Å². The minimum atomic E-state index is -0.707. The molecular weight excluding hydrogens is 180 g/mol. The summed E-state index contributed by atoms with van der Waals surface area (Å²) < 4.78 is 0. The SMILES string of the molecule is CC(O)C1CCCC(C(C)C(=O)O)C1. The fourth-order valence-electron chi connectivity index (χ4n) is 2.36. The van der Waals surface area contributed by atoms with E-state index >= 15 is 0 Å². The number of carboxylic acid groups (broad SMARTS) is 1. The first-order valence-corrected chi connectivity index (χ1v) is 5.43. The standard InChI is InChI=1S/C11H20O3/c1-7(11(13)14)9-4-3-5-10(6-9)8(2)12/h7-10,12H,3-6H2,1-2H3,(H,13,14). The van der Waals surface area contributed by atoms with Crippen molar-refractivity contribution in [3.8, 4) is 0 Å². The first kappa shape index (κ1) is 11.5. The molecule has 0 heterocycles. The van der Waals surface area contributed by atoms with Gasteiger partial charge >= 0.3 is 5.97 Å². The summed E-state index contributed by atoms with van der Waals surface area (Å²) in [4.78, 5) is 10.8. The molecule has 1 aliphatic rings. The Bertz CT molecular complexity index is 201. The van der Waals surface area contributed by atoms with Crippen molar-refractivity contribution in [1.82, 2.24) is 0 Å². The molecular formula is C11H20O3. The average molecular weight is 200 g/mol. The highest BCUT2D eigenvalue weighted by Gasteiger charge is 2.31. The molecule has 1 aliphatic carbocycles. The summed E-state index contributed by atoms with van der Waals surface area (Å²) >= 11 is 0. The summed E-state index contributed by atoms with van der Waals surface area (Å²) in [6, 6.07) is 0. The summed E-state index contributed by atoms with van der Waals surface area (Å²) in [5, 5.41) is 18.4. The van der Waals surface area contributed by atoms with Gasteiger partial charge in [-0.3, -0.25) is 4.79 Å². The third-order valence-corrected chi connectivity index (χ3v) is 3.53. The molecule has 4 unspecified atom stereocenters. The van der Waals surface area contributed by atoms with Gasteiger partial charge in [0.1, 0.15) is 0 Å². The van der Waals surface area contributed by atoms with E-state index in [1.165, 1.54) is 0 Å². The summed E-state index contributed by atoms with van der Waals surface area (Å²) in [5.41, 5.74) is 0. The van der Waals surface area contributed by atoms with Gasteiger partial charge in [0.25, 0.3) is 0 Å². The lowest BCUT2D eigenvalue weighted by atomic mass is 9.74. The van der Waals surface area contributed by atoms with Crippen LogP contribution in [0.15, 0.2) is 0 Å². The zero-order chi connectivity index (χ0) is 10.7. The monoisotopic (exact) mass is 200 g/mol. The van der Waals surface area contributed by atoms with Crippen LogP contribution in [0.5, 0.6) is 0 Å². The lowest BCUT2D eigenvalue weighted by Crippen LogP contribution is -2.30. The van der Waals surface area contributed by atoms with E-state index in [0.717, 1.165) is 25.7 Å². The quantitative estimate of drug-likeness (QED) is 0.731. The van der Waals surface area contributed by atoms with Gasteiger partial charge in [-0.25, -0.2) is 0 Å². The van der Waals surface area contributed by atoms with Crippen LogP contribution in [0.4, 0.5) is 0 Å². The number of hydrogen-bond acceptors (Lipinski definition) is 2. The second-order valence-corrected chi connectivity index (χ2v) is 4.55. The third-order valence-electron chi connectivity index (χ3n) is 3.53. The molecule has 4 atom stereocenters. The molecule has 3 heteroatoms. The molecule has 2 N–H and O–H groups in total. The van der Waals surface area contributed by atoms with E-state index in [-0.39, 0.29) is 17.9 Å². The lowest BCUT2D eigenvalue weighted by molar-refractivity contribution is -0.143. The molecule has 14 heavy (non-hydrogen) atoms. The Morgan fingerprint density at radius 3 is 2.36 bits per heavy atom. The van der Waals surface area contributed by atoms with Gasteiger partial charge in [0, 0.05) is 0 Å². The Morgan fingerprint density at radius 1 is 1.29 bits per heavy atom. The molecule has 0 saturated heterocycles. The van der Waals surface area contributed by atoms with Crippen molar-refractivity contribution in [2.24, 2.45) is 17.8 Å². The number of carbonyl (C=O) groups is 1. The predicted molar refractivity (Wildman–Crippen MR) is 53.9 cm³/mol. The molecule has 0 amide bonds. The van der Waals surface area contributed by atoms with Crippen molar-refractivity contribution in [3.63, 3.8) is 0 Å². The molecule has 0 aromatic carbocycles. The van der Waals surface area contributed by atoms with Crippen LogP contribution >= 0.6 is 0 Å².